The third-order valence-corrected chi connectivity index (χ3v) is 7.83. The number of hydrogen-bond donors (Lipinski definition) is 1. The second-order valence-electron chi connectivity index (χ2n) is 7.85. The molecule has 2 aliphatic heterocycles. The Labute approximate surface area is 180 Å². The summed E-state index contributed by atoms with van der Waals surface area (Å²) >= 11 is 0. The minimum absolute atomic E-state index is 0.0186. The lowest BCUT2D eigenvalue weighted by molar-refractivity contribution is 0.0594. The lowest BCUT2D eigenvalue weighted by Gasteiger charge is -2.36. The molecule has 0 radical (unpaired) electrons. The van der Waals surface area contributed by atoms with Crippen LogP contribution in [0.3, 0.4) is 0 Å². The highest BCUT2D eigenvalue weighted by Gasteiger charge is 2.34. The number of aromatic nitrogens is 2. The van der Waals surface area contributed by atoms with Crippen molar-refractivity contribution in [3.63, 3.8) is 0 Å². The highest BCUT2D eigenvalue weighted by atomic mass is 32.2. The Kier molecular flexibility index (Phi) is 5.94. The number of nitrogens with zero attached hydrogens (tertiary/aromatic N) is 3. The van der Waals surface area contributed by atoms with E-state index in [-0.39, 0.29) is 30.0 Å². The van der Waals surface area contributed by atoms with Gasteiger partial charge in [-0.2, -0.15) is 4.31 Å². The van der Waals surface area contributed by atoms with Crippen LogP contribution in [0.4, 0.5) is 4.39 Å². The number of halogens is 1. The molecule has 2 aromatic rings. The van der Waals surface area contributed by atoms with Gasteiger partial charge in [0.15, 0.2) is 0 Å². The quantitative estimate of drug-likeness (QED) is 0.770. The van der Waals surface area contributed by atoms with E-state index in [1.165, 1.54) is 22.5 Å². The van der Waals surface area contributed by atoms with Gasteiger partial charge in [0.25, 0.3) is 11.5 Å². The van der Waals surface area contributed by atoms with Crippen molar-refractivity contribution < 1.29 is 17.6 Å². The van der Waals surface area contributed by atoms with E-state index < -0.39 is 27.8 Å². The molecule has 10 heteroatoms. The van der Waals surface area contributed by atoms with Gasteiger partial charge in [-0.25, -0.2) is 17.8 Å². The van der Waals surface area contributed by atoms with Gasteiger partial charge in [-0.15, -0.1) is 0 Å². The van der Waals surface area contributed by atoms with E-state index in [2.05, 4.69) is 9.97 Å². The largest absolute Gasteiger partial charge is 0.328 e. The molecule has 0 saturated carbocycles. The fraction of sp³-hybridized carbons (Fsp3) is 0.476. The number of nitrogens with one attached hydrogen (secondary N) is 1. The number of carbonyl (C=O) groups excluding carboxylic acids is 1. The summed E-state index contributed by atoms with van der Waals surface area (Å²) in [7, 11) is -3.40. The van der Waals surface area contributed by atoms with Crippen molar-refractivity contribution in [2.24, 2.45) is 0 Å². The van der Waals surface area contributed by atoms with Crippen LogP contribution >= 0.6 is 0 Å². The zero-order chi connectivity index (χ0) is 22.2. The second kappa shape index (κ2) is 8.51. The highest BCUT2D eigenvalue weighted by Crippen LogP contribution is 2.31. The molecule has 1 N–H and O–H groups in total. The fourth-order valence-corrected chi connectivity index (χ4v) is 5.31. The third kappa shape index (κ3) is 4.14. The van der Waals surface area contributed by atoms with Gasteiger partial charge in [0.2, 0.25) is 10.0 Å². The number of likely N-dealkylation sites (tertiary alicyclic amines) is 1. The van der Waals surface area contributed by atoms with E-state index in [0.717, 1.165) is 12.8 Å². The molecule has 3 heterocycles. The molecular weight excluding hydrogens is 423 g/mol. The molecule has 0 unspecified atom stereocenters. The van der Waals surface area contributed by atoms with Crippen LogP contribution in [0.15, 0.2) is 29.1 Å². The summed E-state index contributed by atoms with van der Waals surface area (Å²) in [5.74, 6) is -0.738. The van der Waals surface area contributed by atoms with Gasteiger partial charge < -0.3 is 9.88 Å². The third-order valence-electron chi connectivity index (χ3n) is 6.00. The molecule has 166 valence electrons. The standard InChI is InChI=1S/C21H25FN4O4S/c1-2-31(29,30)25-12-10-15-17(13-25)23-19(24-20(15)27)18-9-5-6-11-26(18)21(28)14-7-3-4-8-16(14)22/h3-4,7-8,18H,2,5-6,9-13H2,1H3,(H,23,24,27)/t18-/m0/s1. The second-order valence-corrected chi connectivity index (χ2v) is 10.1. The van der Waals surface area contributed by atoms with Crippen LogP contribution < -0.4 is 5.56 Å². The van der Waals surface area contributed by atoms with Crippen molar-refractivity contribution in [1.29, 1.82) is 0 Å². The molecule has 1 fully saturated rings. The van der Waals surface area contributed by atoms with Crippen molar-refractivity contribution in [1.82, 2.24) is 19.2 Å². The molecule has 31 heavy (non-hydrogen) atoms. The van der Waals surface area contributed by atoms with Crippen LogP contribution in [0.5, 0.6) is 0 Å². The van der Waals surface area contributed by atoms with Gasteiger partial charge in [0.05, 0.1) is 29.6 Å². The summed E-state index contributed by atoms with van der Waals surface area (Å²) in [5.41, 5.74) is 0.576. The maximum Gasteiger partial charge on any atom is 0.257 e. The van der Waals surface area contributed by atoms with Crippen molar-refractivity contribution >= 4 is 15.9 Å². The Bertz CT molecular complexity index is 1160. The Morgan fingerprint density at radius 2 is 2.03 bits per heavy atom. The Morgan fingerprint density at radius 3 is 2.77 bits per heavy atom. The first-order valence-corrected chi connectivity index (χ1v) is 12.1. The molecule has 4 rings (SSSR count). The molecule has 0 aliphatic carbocycles. The number of carbonyl (C=O) groups is 1. The molecule has 1 amide bonds. The summed E-state index contributed by atoms with van der Waals surface area (Å²) in [6.45, 7) is 2.29. The van der Waals surface area contributed by atoms with Gasteiger partial charge >= 0.3 is 0 Å². The first kappa shape index (κ1) is 21.6. The first-order chi connectivity index (χ1) is 14.8. The number of rotatable bonds is 4. The van der Waals surface area contributed by atoms with E-state index in [1.54, 1.807) is 17.9 Å². The molecular formula is C21H25FN4O4S. The first-order valence-electron chi connectivity index (χ1n) is 10.5. The number of sulfonamides is 1. The van der Waals surface area contributed by atoms with Gasteiger partial charge in [-0.3, -0.25) is 9.59 Å². The van der Waals surface area contributed by atoms with Crippen LogP contribution in [-0.2, 0) is 23.0 Å². The van der Waals surface area contributed by atoms with Crippen LogP contribution in [-0.4, -0.2) is 52.3 Å². The lowest BCUT2D eigenvalue weighted by atomic mass is 9.99. The summed E-state index contributed by atoms with van der Waals surface area (Å²) in [5, 5.41) is 0. The molecule has 8 nitrogen and oxygen atoms in total. The summed E-state index contributed by atoms with van der Waals surface area (Å²) < 4.78 is 40.1. The van der Waals surface area contributed by atoms with Crippen LogP contribution in [0.2, 0.25) is 0 Å². The normalized spacial score (nSPS) is 19.8. The smallest absolute Gasteiger partial charge is 0.257 e. The number of benzene rings is 1. The van der Waals surface area contributed by atoms with Crippen LogP contribution in [0, 0.1) is 5.82 Å². The molecule has 1 saturated heterocycles. The molecule has 1 atom stereocenters. The molecule has 0 bridgehead atoms. The molecule has 1 aromatic heterocycles. The fourth-order valence-electron chi connectivity index (χ4n) is 4.26. The average Bonchev–Trinajstić information content (AvgIpc) is 2.78. The summed E-state index contributed by atoms with van der Waals surface area (Å²) in [6.07, 6.45) is 2.48. The topological polar surface area (TPSA) is 103 Å². The zero-order valence-electron chi connectivity index (χ0n) is 17.3. The highest BCUT2D eigenvalue weighted by molar-refractivity contribution is 7.89. The Hall–Kier alpha value is -2.59. The maximum absolute atomic E-state index is 14.2. The maximum atomic E-state index is 14.2. The van der Waals surface area contributed by atoms with Gasteiger partial charge in [-0.1, -0.05) is 12.1 Å². The lowest BCUT2D eigenvalue weighted by Crippen LogP contribution is -2.43. The van der Waals surface area contributed by atoms with E-state index in [1.807, 2.05) is 0 Å². The number of amides is 1. The Balaban J connectivity index is 1.69. The number of piperidine rings is 1. The van der Waals surface area contributed by atoms with Gasteiger partial charge in [-0.05, 0) is 44.7 Å². The molecule has 1 aromatic carbocycles. The predicted octanol–water partition coefficient (Wildman–Crippen LogP) is 1.98. The predicted molar refractivity (Wildman–Crippen MR) is 112 cm³/mol. The van der Waals surface area contributed by atoms with E-state index in [0.29, 0.717) is 36.5 Å². The van der Waals surface area contributed by atoms with Gasteiger partial charge in [0, 0.05) is 18.7 Å². The van der Waals surface area contributed by atoms with Crippen molar-refractivity contribution in [2.45, 2.75) is 45.2 Å². The van der Waals surface area contributed by atoms with Crippen LogP contribution in [0.1, 0.15) is 59.7 Å². The number of hydrogen-bond acceptors (Lipinski definition) is 5. The van der Waals surface area contributed by atoms with Crippen molar-refractivity contribution in [2.75, 3.05) is 18.8 Å². The SMILES string of the molecule is CCS(=O)(=O)N1CCc2c(nc([C@@H]3CCCCN3C(=O)c3ccccc3F)[nH]c2=O)C1. The van der Waals surface area contributed by atoms with Gasteiger partial charge in [0.1, 0.15) is 11.6 Å². The Morgan fingerprint density at radius 1 is 1.26 bits per heavy atom. The number of fused-ring (bicyclic) bond motifs is 1. The minimum Gasteiger partial charge on any atom is -0.328 e. The molecule has 2 aliphatic rings. The summed E-state index contributed by atoms with van der Waals surface area (Å²) in [4.78, 5) is 34.8. The van der Waals surface area contributed by atoms with Crippen molar-refractivity contribution in [3.05, 3.63) is 63.1 Å². The summed E-state index contributed by atoms with van der Waals surface area (Å²) in [6, 6.07) is 5.32. The number of H-pyrrole nitrogens is 1. The van der Waals surface area contributed by atoms with Crippen molar-refractivity contribution in [3.8, 4) is 0 Å². The van der Waals surface area contributed by atoms with E-state index >= 15 is 0 Å². The van der Waals surface area contributed by atoms with E-state index in [4.69, 9.17) is 0 Å². The molecule has 0 spiro atoms. The number of aromatic amines is 1. The monoisotopic (exact) mass is 448 g/mol. The van der Waals surface area contributed by atoms with Crippen LogP contribution in [0.25, 0.3) is 0 Å². The zero-order valence-corrected chi connectivity index (χ0v) is 18.1. The van der Waals surface area contributed by atoms with E-state index in [9.17, 15) is 22.4 Å². The average molecular weight is 449 g/mol. The minimum atomic E-state index is -3.40.